The third kappa shape index (κ3) is 6.15. The van der Waals surface area contributed by atoms with Gasteiger partial charge < -0.3 is 15.4 Å². The first-order valence-corrected chi connectivity index (χ1v) is 10.6. The van der Waals surface area contributed by atoms with E-state index in [1.807, 2.05) is 72.8 Å². The summed E-state index contributed by atoms with van der Waals surface area (Å²) in [5, 5.41) is 6.82. The Kier molecular flexibility index (Phi) is 7.08. The first kappa shape index (κ1) is 22.5. The second-order valence-corrected chi connectivity index (χ2v) is 8.80. The SMILES string of the molecule is COc1cccc(CNC(=S)Nc2cccc(C(=O)c3ccc(C(C)(C)C)cc3)c2)c1. The number of hydrogen-bond acceptors (Lipinski definition) is 3. The van der Waals surface area contributed by atoms with Gasteiger partial charge in [-0.15, -0.1) is 0 Å². The summed E-state index contributed by atoms with van der Waals surface area (Å²) >= 11 is 5.41. The molecule has 0 fully saturated rings. The van der Waals surface area contributed by atoms with E-state index in [0.717, 1.165) is 17.0 Å². The summed E-state index contributed by atoms with van der Waals surface area (Å²) in [6.07, 6.45) is 0. The van der Waals surface area contributed by atoms with E-state index in [0.29, 0.717) is 22.8 Å². The molecule has 160 valence electrons. The van der Waals surface area contributed by atoms with Gasteiger partial charge >= 0.3 is 0 Å². The zero-order valence-electron chi connectivity index (χ0n) is 18.4. The van der Waals surface area contributed by atoms with Crippen LogP contribution in [0.25, 0.3) is 0 Å². The zero-order valence-corrected chi connectivity index (χ0v) is 19.2. The van der Waals surface area contributed by atoms with E-state index < -0.39 is 0 Å². The number of ketones is 1. The molecule has 0 spiro atoms. The maximum Gasteiger partial charge on any atom is 0.193 e. The van der Waals surface area contributed by atoms with Gasteiger partial charge in [-0.05, 0) is 53.0 Å². The normalized spacial score (nSPS) is 11.0. The minimum absolute atomic E-state index is 0.0145. The number of ether oxygens (including phenoxy) is 1. The van der Waals surface area contributed by atoms with Gasteiger partial charge in [-0.2, -0.15) is 0 Å². The predicted molar refractivity (Wildman–Crippen MR) is 131 cm³/mol. The molecule has 0 bridgehead atoms. The molecule has 0 aliphatic carbocycles. The van der Waals surface area contributed by atoms with Crippen molar-refractivity contribution >= 4 is 28.8 Å². The van der Waals surface area contributed by atoms with E-state index in [-0.39, 0.29) is 11.2 Å². The molecule has 5 heteroatoms. The number of benzene rings is 3. The molecule has 0 saturated heterocycles. The third-order valence-electron chi connectivity index (χ3n) is 4.98. The van der Waals surface area contributed by atoms with Crippen molar-refractivity contribution in [1.82, 2.24) is 5.32 Å². The van der Waals surface area contributed by atoms with Crippen LogP contribution in [0.5, 0.6) is 5.75 Å². The molecule has 0 aliphatic rings. The highest BCUT2D eigenvalue weighted by Gasteiger charge is 2.15. The number of rotatable bonds is 6. The molecule has 31 heavy (non-hydrogen) atoms. The highest BCUT2D eigenvalue weighted by atomic mass is 32.1. The number of hydrogen-bond donors (Lipinski definition) is 2. The van der Waals surface area contributed by atoms with Crippen LogP contribution in [-0.2, 0) is 12.0 Å². The largest absolute Gasteiger partial charge is 0.497 e. The summed E-state index contributed by atoms with van der Waals surface area (Å²) in [4.78, 5) is 12.9. The molecule has 0 atom stereocenters. The molecule has 4 nitrogen and oxygen atoms in total. The number of anilines is 1. The topological polar surface area (TPSA) is 50.4 Å². The lowest BCUT2D eigenvalue weighted by Crippen LogP contribution is -2.27. The van der Waals surface area contributed by atoms with Gasteiger partial charge in [-0.25, -0.2) is 0 Å². The quantitative estimate of drug-likeness (QED) is 0.386. The molecule has 3 aromatic rings. The van der Waals surface area contributed by atoms with E-state index in [1.165, 1.54) is 5.56 Å². The molecule has 3 rings (SSSR count). The Morgan fingerprint density at radius 2 is 1.65 bits per heavy atom. The van der Waals surface area contributed by atoms with Crippen molar-refractivity contribution in [3.63, 3.8) is 0 Å². The molecule has 0 amide bonds. The van der Waals surface area contributed by atoms with Crippen LogP contribution in [-0.4, -0.2) is 18.0 Å². The Hall–Kier alpha value is -3.18. The van der Waals surface area contributed by atoms with E-state index >= 15 is 0 Å². The maximum absolute atomic E-state index is 12.9. The highest BCUT2D eigenvalue weighted by molar-refractivity contribution is 7.80. The van der Waals surface area contributed by atoms with Crippen molar-refractivity contribution in [3.8, 4) is 5.75 Å². The van der Waals surface area contributed by atoms with Gasteiger partial charge in [0.25, 0.3) is 0 Å². The number of thiocarbonyl (C=S) groups is 1. The van der Waals surface area contributed by atoms with Gasteiger partial charge in [-0.3, -0.25) is 4.79 Å². The van der Waals surface area contributed by atoms with Crippen LogP contribution in [0.1, 0.15) is 47.8 Å². The lowest BCUT2D eigenvalue weighted by molar-refractivity contribution is 0.103. The van der Waals surface area contributed by atoms with Gasteiger partial charge in [-0.1, -0.05) is 69.3 Å². The summed E-state index contributed by atoms with van der Waals surface area (Å²) in [5.74, 6) is 0.791. The smallest absolute Gasteiger partial charge is 0.193 e. The van der Waals surface area contributed by atoms with Crippen molar-refractivity contribution in [2.45, 2.75) is 32.7 Å². The molecular weight excluding hydrogens is 404 g/mol. The highest BCUT2D eigenvalue weighted by Crippen LogP contribution is 2.23. The van der Waals surface area contributed by atoms with Gasteiger partial charge in [0.15, 0.2) is 10.9 Å². The van der Waals surface area contributed by atoms with E-state index in [1.54, 1.807) is 7.11 Å². The maximum atomic E-state index is 12.9. The van der Waals surface area contributed by atoms with Crippen LogP contribution >= 0.6 is 12.2 Å². The van der Waals surface area contributed by atoms with E-state index in [2.05, 4.69) is 31.4 Å². The fraction of sp³-hybridized carbons (Fsp3) is 0.231. The lowest BCUT2D eigenvalue weighted by atomic mass is 9.86. The lowest BCUT2D eigenvalue weighted by Gasteiger charge is -2.19. The Morgan fingerprint density at radius 1 is 0.935 bits per heavy atom. The van der Waals surface area contributed by atoms with Gasteiger partial charge in [0.1, 0.15) is 5.75 Å². The van der Waals surface area contributed by atoms with E-state index in [9.17, 15) is 4.79 Å². The molecule has 0 unspecified atom stereocenters. The Bertz CT molecular complexity index is 1070. The van der Waals surface area contributed by atoms with Gasteiger partial charge in [0.05, 0.1) is 7.11 Å². The summed E-state index contributed by atoms with van der Waals surface area (Å²) in [7, 11) is 1.64. The van der Waals surface area contributed by atoms with Crippen molar-refractivity contribution in [2.24, 2.45) is 0 Å². The minimum atomic E-state index is -0.0145. The number of carbonyl (C=O) groups is 1. The Balaban J connectivity index is 1.64. The molecule has 0 heterocycles. The molecule has 0 aromatic heterocycles. The second kappa shape index (κ2) is 9.75. The molecule has 0 aliphatic heterocycles. The summed E-state index contributed by atoms with van der Waals surface area (Å²) in [6.45, 7) is 7.04. The monoisotopic (exact) mass is 432 g/mol. The average Bonchev–Trinajstić information content (AvgIpc) is 2.77. The number of nitrogens with one attached hydrogen (secondary N) is 2. The molecule has 2 N–H and O–H groups in total. The zero-order chi connectivity index (χ0) is 22.4. The van der Waals surface area contributed by atoms with Crippen LogP contribution in [0, 0.1) is 0 Å². The first-order valence-electron chi connectivity index (χ1n) is 10.2. The van der Waals surface area contributed by atoms with Crippen molar-refractivity contribution in [2.75, 3.05) is 12.4 Å². The summed E-state index contributed by atoms with van der Waals surface area (Å²) < 4.78 is 5.24. The standard InChI is InChI=1S/C26H28N2O2S/c1-26(2,3)21-13-11-19(12-14-21)24(29)20-8-6-9-22(16-20)28-25(31)27-17-18-7-5-10-23(15-18)30-4/h5-16H,17H2,1-4H3,(H2,27,28,31). The van der Waals surface area contributed by atoms with Crippen LogP contribution in [0.15, 0.2) is 72.8 Å². The summed E-state index contributed by atoms with van der Waals surface area (Å²) in [6, 6.07) is 23.0. The summed E-state index contributed by atoms with van der Waals surface area (Å²) in [5.41, 5.74) is 4.37. The van der Waals surface area contributed by atoms with Gasteiger partial charge in [0.2, 0.25) is 0 Å². The molecule has 0 radical (unpaired) electrons. The molecule has 3 aromatic carbocycles. The van der Waals surface area contributed by atoms with Crippen LogP contribution in [0.4, 0.5) is 5.69 Å². The van der Waals surface area contributed by atoms with Crippen LogP contribution < -0.4 is 15.4 Å². The van der Waals surface area contributed by atoms with Crippen molar-refractivity contribution in [1.29, 1.82) is 0 Å². The average molecular weight is 433 g/mol. The first-order chi connectivity index (χ1) is 14.8. The van der Waals surface area contributed by atoms with Crippen molar-refractivity contribution < 1.29 is 9.53 Å². The molecular formula is C26H28N2O2S. The minimum Gasteiger partial charge on any atom is -0.497 e. The number of carbonyl (C=O) groups excluding carboxylic acids is 1. The Morgan fingerprint density at radius 3 is 2.32 bits per heavy atom. The fourth-order valence-electron chi connectivity index (χ4n) is 3.17. The number of methoxy groups -OCH3 is 1. The van der Waals surface area contributed by atoms with Crippen LogP contribution in [0.3, 0.4) is 0 Å². The fourth-order valence-corrected chi connectivity index (χ4v) is 3.36. The Labute approximate surface area is 189 Å². The molecule has 0 saturated carbocycles. The van der Waals surface area contributed by atoms with E-state index in [4.69, 9.17) is 17.0 Å². The van der Waals surface area contributed by atoms with Crippen molar-refractivity contribution in [3.05, 3.63) is 95.1 Å². The third-order valence-corrected chi connectivity index (χ3v) is 5.23. The predicted octanol–water partition coefficient (Wildman–Crippen LogP) is 5.71. The van der Waals surface area contributed by atoms with Crippen LogP contribution in [0.2, 0.25) is 0 Å². The second-order valence-electron chi connectivity index (χ2n) is 8.40. The van der Waals surface area contributed by atoms with Gasteiger partial charge in [0, 0.05) is 23.4 Å².